The monoisotopic (exact) mass is 359 g/mol. The predicted octanol–water partition coefficient (Wildman–Crippen LogP) is 3.35. The van der Waals surface area contributed by atoms with Crippen LogP contribution in [0.4, 0.5) is 5.69 Å². The lowest BCUT2D eigenvalue weighted by Crippen LogP contribution is -2.37. The van der Waals surface area contributed by atoms with Gasteiger partial charge in [0.05, 0.1) is 12.2 Å². The summed E-state index contributed by atoms with van der Waals surface area (Å²) in [5, 5.41) is 4.41. The van der Waals surface area contributed by atoms with Crippen molar-refractivity contribution in [3.05, 3.63) is 94.4 Å². The van der Waals surface area contributed by atoms with Gasteiger partial charge in [-0.1, -0.05) is 48.5 Å². The average Bonchev–Trinajstić information content (AvgIpc) is 3.54. The molecule has 1 aromatic heterocycles. The number of nitrogens with zero attached hydrogens (tertiary/aromatic N) is 3. The van der Waals surface area contributed by atoms with E-state index in [4.69, 9.17) is 0 Å². The molecule has 0 unspecified atom stereocenters. The van der Waals surface area contributed by atoms with Gasteiger partial charge in [-0.15, -0.1) is 0 Å². The van der Waals surface area contributed by atoms with Crippen molar-refractivity contribution in [2.45, 2.75) is 31.8 Å². The summed E-state index contributed by atoms with van der Waals surface area (Å²) >= 11 is 0. The molecule has 4 rings (SSSR count). The molecule has 5 nitrogen and oxygen atoms in total. The summed E-state index contributed by atoms with van der Waals surface area (Å²) in [7, 11) is 0. The highest BCUT2D eigenvalue weighted by atomic mass is 16.2. The van der Waals surface area contributed by atoms with Crippen LogP contribution in [-0.4, -0.2) is 15.7 Å². The van der Waals surface area contributed by atoms with Crippen LogP contribution in [0.3, 0.4) is 0 Å². The number of benzene rings is 2. The van der Waals surface area contributed by atoms with E-state index in [9.17, 15) is 9.59 Å². The molecule has 0 aliphatic heterocycles. The maximum absolute atomic E-state index is 13.1. The lowest BCUT2D eigenvalue weighted by Gasteiger charge is -2.23. The van der Waals surface area contributed by atoms with Gasteiger partial charge in [-0.2, -0.15) is 5.10 Å². The highest BCUT2D eigenvalue weighted by Gasteiger charge is 2.26. The Bertz CT molecular complexity index is 979. The molecule has 2 aromatic carbocycles. The number of carbonyl (C=O) groups is 1. The fourth-order valence-electron chi connectivity index (χ4n) is 3.09. The van der Waals surface area contributed by atoms with Crippen LogP contribution in [0.5, 0.6) is 0 Å². The van der Waals surface area contributed by atoms with E-state index >= 15 is 0 Å². The van der Waals surface area contributed by atoms with Gasteiger partial charge in [0, 0.05) is 17.7 Å². The molecule has 0 saturated heterocycles. The van der Waals surface area contributed by atoms with E-state index in [-0.39, 0.29) is 18.0 Å². The molecule has 3 aromatic rings. The van der Waals surface area contributed by atoms with Crippen LogP contribution in [0.25, 0.3) is 0 Å². The first-order chi connectivity index (χ1) is 13.2. The minimum absolute atomic E-state index is 0.0683. The molecule has 1 amide bonds. The molecule has 1 heterocycles. The van der Waals surface area contributed by atoms with E-state index in [0.29, 0.717) is 12.5 Å². The van der Waals surface area contributed by atoms with Crippen LogP contribution in [-0.2, 0) is 17.9 Å². The Morgan fingerprint density at radius 2 is 1.63 bits per heavy atom. The Kier molecular flexibility index (Phi) is 4.83. The predicted molar refractivity (Wildman–Crippen MR) is 105 cm³/mol. The lowest BCUT2D eigenvalue weighted by atomic mass is 10.2. The molecule has 136 valence electrons. The van der Waals surface area contributed by atoms with Gasteiger partial charge < -0.3 is 4.90 Å². The standard InChI is InChI=1S/C22H21N3O2/c26-21-14-13-20(18-11-12-18)23-25(21)16-22(27)24(19-9-5-2-6-10-19)15-17-7-3-1-4-8-17/h1-10,13-14,18H,11-12,15-16H2. The third kappa shape index (κ3) is 4.14. The van der Waals surface area contributed by atoms with Crippen LogP contribution in [0, 0.1) is 0 Å². The normalized spacial score (nSPS) is 13.3. The summed E-state index contributed by atoms with van der Waals surface area (Å²) in [4.78, 5) is 27.0. The van der Waals surface area contributed by atoms with E-state index < -0.39 is 0 Å². The van der Waals surface area contributed by atoms with E-state index in [1.807, 2.05) is 60.7 Å². The second-order valence-electron chi connectivity index (χ2n) is 6.83. The van der Waals surface area contributed by atoms with E-state index in [0.717, 1.165) is 29.8 Å². The summed E-state index contributed by atoms with van der Waals surface area (Å²) in [6.07, 6.45) is 2.20. The molecule has 1 aliphatic carbocycles. The van der Waals surface area contributed by atoms with E-state index in [2.05, 4.69) is 5.10 Å². The van der Waals surface area contributed by atoms with Gasteiger partial charge >= 0.3 is 0 Å². The Morgan fingerprint density at radius 3 is 2.30 bits per heavy atom. The molecule has 0 radical (unpaired) electrons. The van der Waals surface area contributed by atoms with Gasteiger partial charge in [-0.25, -0.2) is 4.68 Å². The van der Waals surface area contributed by atoms with Gasteiger partial charge in [0.25, 0.3) is 5.56 Å². The molecule has 0 spiro atoms. The number of rotatable bonds is 6. The first-order valence-electron chi connectivity index (χ1n) is 9.18. The molecule has 0 bridgehead atoms. The molecule has 1 saturated carbocycles. The minimum Gasteiger partial charge on any atom is -0.306 e. The largest absolute Gasteiger partial charge is 0.306 e. The third-order valence-electron chi connectivity index (χ3n) is 4.72. The number of aromatic nitrogens is 2. The smallest absolute Gasteiger partial charge is 0.267 e. The summed E-state index contributed by atoms with van der Waals surface area (Å²) < 4.78 is 1.29. The summed E-state index contributed by atoms with van der Waals surface area (Å²) in [6.45, 7) is 0.377. The molecule has 1 fully saturated rings. The topological polar surface area (TPSA) is 55.2 Å². The maximum atomic E-state index is 13.1. The highest BCUT2D eigenvalue weighted by molar-refractivity contribution is 5.93. The van der Waals surface area contributed by atoms with E-state index in [1.54, 1.807) is 11.0 Å². The molecule has 1 aliphatic rings. The number of anilines is 1. The second kappa shape index (κ2) is 7.58. The van der Waals surface area contributed by atoms with Crippen LogP contribution >= 0.6 is 0 Å². The van der Waals surface area contributed by atoms with Crippen molar-refractivity contribution in [3.8, 4) is 0 Å². The van der Waals surface area contributed by atoms with Crippen LogP contribution in [0.2, 0.25) is 0 Å². The van der Waals surface area contributed by atoms with Crippen molar-refractivity contribution in [3.63, 3.8) is 0 Å². The van der Waals surface area contributed by atoms with Gasteiger partial charge in [-0.3, -0.25) is 9.59 Å². The van der Waals surface area contributed by atoms with Crippen LogP contribution < -0.4 is 10.5 Å². The molecular weight excluding hydrogens is 338 g/mol. The summed E-state index contributed by atoms with van der Waals surface area (Å²) in [5.74, 6) is 0.272. The van der Waals surface area contributed by atoms with Gasteiger partial charge in [0.2, 0.25) is 5.91 Å². The average molecular weight is 359 g/mol. The van der Waals surface area contributed by atoms with Crippen molar-refractivity contribution in [2.75, 3.05) is 4.90 Å². The SMILES string of the molecule is O=C(Cn1nc(C2CC2)ccc1=O)N(Cc1ccccc1)c1ccccc1. The van der Waals surface area contributed by atoms with Crippen LogP contribution in [0.15, 0.2) is 77.6 Å². The Balaban J connectivity index is 1.61. The zero-order chi connectivity index (χ0) is 18.6. The fraction of sp³-hybridized carbons (Fsp3) is 0.227. The zero-order valence-corrected chi connectivity index (χ0v) is 15.0. The van der Waals surface area contributed by atoms with Gasteiger partial charge in [0.15, 0.2) is 0 Å². The van der Waals surface area contributed by atoms with Crippen molar-refractivity contribution in [1.29, 1.82) is 0 Å². The first kappa shape index (κ1) is 17.2. The molecule has 0 atom stereocenters. The molecule has 27 heavy (non-hydrogen) atoms. The quantitative estimate of drug-likeness (QED) is 0.678. The van der Waals surface area contributed by atoms with Crippen molar-refractivity contribution in [1.82, 2.24) is 9.78 Å². The molecular formula is C22H21N3O2. The van der Waals surface area contributed by atoms with Crippen molar-refractivity contribution >= 4 is 11.6 Å². The van der Waals surface area contributed by atoms with Gasteiger partial charge in [-0.05, 0) is 36.6 Å². The fourth-order valence-corrected chi connectivity index (χ4v) is 3.09. The number of amides is 1. The lowest BCUT2D eigenvalue weighted by molar-refractivity contribution is -0.119. The Labute approximate surface area is 157 Å². The minimum atomic E-state index is -0.250. The van der Waals surface area contributed by atoms with Crippen molar-refractivity contribution < 1.29 is 4.79 Å². The number of para-hydroxylation sites is 1. The van der Waals surface area contributed by atoms with Gasteiger partial charge in [0.1, 0.15) is 6.54 Å². The van der Waals surface area contributed by atoms with Crippen molar-refractivity contribution in [2.24, 2.45) is 0 Å². The Hall–Kier alpha value is -3.21. The first-order valence-corrected chi connectivity index (χ1v) is 9.18. The highest BCUT2D eigenvalue weighted by Crippen LogP contribution is 2.38. The molecule has 5 heteroatoms. The molecule has 0 N–H and O–H groups in total. The van der Waals surface area contributed by atoms with E-state index in [1.165, 1.54) is 10.7 Å². The second-order valence-corrected chi connectivity index (χ2v) is 6.83. The number of hydrogen-bond donors (Lipinski definition) is 0. The number of carbonyl (C=O) groups excluding carboxylic acids is 1. The third-order valence-corrected chi connectivity index (χ3v) is 4.72. The summed E-state index contributed by atoms with van der Waals surface area (Å²) in [6, 6.07) is 22.6. The summed E-state index contributed by atoms with van der Waals surface area (Å²) in [5.41, 5.74) is 2.48. The maximum Gasteiger partial charge on any atom is 0.267 e. The zero-order valence-electron chi connectivity index (χ0n) is 15.0. The number of hydrogen-bond acceptors (Lipinski definition) is 3. The Morgan fingerprint density at radius 1 is 0.963 bits per heavy atom. The van der Waals surface area contributed by atoms with Crippen LogP contribution in [0.1, 0.15) is 30.0 Å².